The molecule has 0 spiro atoms. The van der Waals surface area contributed by atoms with E-state index in [2.05, 4.69) is 10.6 Å². The first-order valence-electron chi connectivity index (χ1n) is 8.01. The summed E-state index contributed by atoms with van der Waals surface area (Å²) in [5, 5.41) is 16.1. The average molecular weight is 371 g/mol. The zero-order valence-corrected chi connectivity index (χ0v) is 14.4. The molecule has 9 nitrogen and oxygen atoms in total. The van der Waals surface area contributed by atoms with E-state index in [1.807, 2.05) is 0 Å². The molecule has 0 heterocycles. The molecular weight excluding hydrogens is 354 g/mol. The van der Waals surface area contributed by atoms with Crippen LogP contribution in [0.15, 0.2) is 48.5 Å². The number of hydrogen-bond donors (Lipinski definition) is 2. The van der Waals surface area contributed by atoms with Crippen molar-refractivity contribution in [3.8, 4) is 0 Å². The highest BCUT2D eigenvalue weighted by Crippen LogP contribution is 2.18. The molecule has 2 rings (SSSR count). The van der Waals surface area contributed by atoms with Crippen molar-refractivity contribution in [1.82, 2.24) is 5.32 Å². The Balaban J connectivity index is 1.97. The fourth-order valence-electron chi connectivity index (χ4n) is 2.21. The van der Waals surface area contributed by atoms with E-state index in [9.17, 15) is 24.5 Å². The van der Waals surface area contributed by atoms with Crippen LogP contribution in [0.3, 0.4) is 0 Å². The Kier molecular flexibility index (Phi) is 6.59. The van der Waals surface area contributed by atoms with Gasteiger partial charge in [0.15, 0.2) is 6.61 Å². The summed E-state index contributed by atoms with van der Waals surface area (Å²) in [5.41, 5.74) is 0.0723. The van der Waals surface area contributed by atoms with Crippen LogP contribution in [0.5, 0.6) is 0 Å². The Morgan fingerprint density at radius 3 is 2.56 bits per heavy atom. The predicted molar refractivity (Wildman–Crippen MR) is 96.5 cm³/mol. The normalized spacial score (nSPS) is 9.96. The van der Waals surface area contributed by atoms with Gasteiger partial charge < -0.3 is 15.4 Å². The van der Waals surface area contributed by atoms with Gasteiger partial charge in [-0.05, 0) is 31.2 Å². The van der Waals surface area contributed by atoms with E-state index in [4.69, 9.17) is 4.74 Å². The van der Waals surface area contributed by atoms with Gasteiger partial charge in [-0.1, -0.05) is 18.2 Å². The van der Waals surface area contributed by atoms with Gasteiger partial charge in [-0.25, -0.2) is 4.79 Å². The molecule has 2 aromatic carbocycles. The van der Waals surface area contributed by atoms with E-state index < -0.39 is 29.1 Å². The lowest BCUT2D eigenvalue weighted by molar-refractivity contribution is -0.385. The molecule has 2 aromatic rings. The van der Waals surface area contributed by atoms with E-state index in [1.54, 1.807) is 25.1 Å². The highest BCUT2D eigenvalue weighted by atomic mass is 16.6. The second-order valence-corrected chi connectivity index (χ2v) is 5.34. The summed E-state index contributed by atoms with van der Waals surface area (Å²) in [6.45, 7) is 1.63. The third-order valence-electron chi connectivity index (χ3n) is 3.40. The summed E-state index contributed by atoms with van der Waals surface area (Å²) >= 11 is 0. The molecule has 0 fully saturated rings. The lowest BCUT2D eigenvalue weighted by atomic mass is 10.2. The molecular formula is C18H17N3O6. The van der Waals surface area contributed by atoms with Crippen molar-refractivity contribution in [2.75, 3.05) is 18.5 Å². The van der Waals surface area contributed by atoms with Gasteiger partial charge in [0.1, 0.15) is 5.56 Å². The summed E-state index contributed by atoms with van der Waals surface area (Å²) in [6.07, 6.45) is 0. The first-order chi connectivity index (χ1) is 12.9. The summed E-state index contributed by atoms with van der Waals surface area (Å²) in [5.74, 6) is -1.90. The Morgan fingerprint density at radius 1 is 1.11 bits per heavy atom. The second-order valence-electron chi connectivity index (χ2n) is 5.34. The highest BCUT2D eigenvalue weighted by molar-refractivity contribution is 5.99. The fraction of sp³-hybridized carbons (Fsp3) is 0.167. The van der Waals surface area contributed by atoms with Crippen molar-refractivity contribution in [3.05, 3.63) is 69.8 Å². The highest BCUT2D eigenvalue weighted by Gasteiger charge is 2.21. The van der Waals surface area contributed by atoms with Crippen LogP contribution in [-0.2, 0) is 9.53 Å². The molecule has 9 heteroatoms. The monoisotopic (exact) mass is 371 g/mol. The third-order valence-corrected chi connectivity index (χ3v) is 3.40. The van der Waals surface area contributed by atoms with Crippen LogP contribution >= 0.6 is 0 Å². The number of esters is 1. The maximum Gasteiger partial charge on any atom is 0.345 e. The molecule has 2 amide bonds. The first kappa shape index (κ1) is 19.6. The molecule has 0 aliphatic rings. The van der Waals surface area contributed by atoms with E-state index in [0.29, 0.717) is 17.8 Å². The number of nitro groups is 1. The smallest absolute Gasteiger partial charge is 0.345 e. The van der Waals surface area contributed by atoms with Crippen LogP contribution in [-0.4, -0.2) is 35.9 Å². The molecule has 0 saturated heterocycles. The van der Waals surface area contributed by atoms with Crippen molar-refractivity contribution in [2.45, 2.75) is 6.92 Å². The molecule has 0 saturated carbocycles. The van der Waals surface area contributed by atoms with Crippen molar-refractivity contribution < 1.29 is 24.0 Å². The van der Waals surface area contributed by atoms with Gasteiger partial charge in [0.2, 0.25) is 0 Å². The molecule has 0 bridgehead atoms. The minimum Gasteiger partial charge on any atom is -0.452 e. The number of ether oxygens (including phenoxy) is 1. The van der Waals surface area contributed by atoms with Crippen molar-refractivity contribution in [1.29, 1.82) is 0 Å². The molecule has 0 aliphatic carbocycles. The van der Waals surface area contributed by atoms with E-state index >= 15 is 0 Å². The van der Waals surface area contributed by atoms with E-state index in [-0.39, 0.29) is 11.5 Å². The number of benzene rings is 2. The van der Waals surface area contributed by atoms with Gasteiger partial charge in [0, 0.05) is 23.9 Å². The fourth-order valence-corrected chi connectivity index (χ4v) is 2.21. The molecule has 27 heavy (non-hydrogen) atoms. The largest absolute Gasteiger partial charge is 0.452 e. The molecule has 140 valence electrons. The number of anilines is 1. The zero-order chi connectivity index (χ0) is 19.8. The van der Waals surface area contributed by atoms with Gasteiger partial charge in [-0.15, -0.1) is 0 Å². The van der Waals surface area contributed by atoms with Crippen LogP contribution in [0.25, 0.3) is 0 Å². The predicted octanol–water partition coefficient (Wildman–Crippen LogP) is 2.14. The number of para-hydroxylation sites is 1. The van der Waals surface area contributed by atoms with Crippen LogP contribution in [0.2, 0.25) is 0 Å². The Labute approximate surface area is 154 Å². The van der Waals surface area contributed by atoms with E-state index in [1.165, 1.54) is 30.3 Å². The minimum absolute atomic E-state index is 0.242. The third kappa shape index (κ3) is 5.36. The van der Waals surface area contributed by atoms with Crippen LogP contribution < -0.4 is 10.6 Å². The van der Waals surface area contributed by atoms with Crippen molar-refractivity contribution in [3.63, 3.8) is 0 Å². The molecule has 0 atom stereocenters. The summed E-state index contributed by atoms with van der Waals surface area (Å²) in [4.78, 5) is 45.9. The Bertz CT molecular complexity index is 881. The number of carbonyl (C=O) groups excluding carboxylic acids is 3. The first-order valence-corrected chi connectivity index (χ1v) is 8.01. The van der Waals surface area contributed by atoms with Crippen LogP contribution in [0.4, 0.5) is 11.4 Å². The number of carbonyl (C=O) groups is 3. The number of nitrogens with one attached hydrogen (secondary N) is 2. The van der Waals surface area contributed by atoms with Gasteiger partial charge in [0.05, 0.1) is 4.92 Å². The number of nitro benzene ring substituents is 1. The number of amides is 2. The Hall–Kier alpha value is -3.75. The maximum atomic E-state index is 12.0. The van der Waals surface area contributed by atoms with Crippen molar-refractivity contribution in [2.24, 2.45) is 0 Å². The summed E-state index contributed by atoms with van der Waals surface area (Å²) in [7, 11) is 0. The maximum absolute atomic E-state index is 12.0. The average Bonchev–Trinajstić information content (AvgIpc) is 2.66. The summed E-state index contributed by atoms with van der Waals surface area (Å²) in [6, 6.07) is 11.5. The lowest BCUT2D eigenvalue weighted by Crippen LogP contribution is -2.23. The van der Waals surface area contributed by atoms with Gasteiger partial charge in [0.25, 0.3) is 17.5 Å². The van der Waals surface area contributed by atoms with Crippen molar-refractivity contribution >= 4 is 29.2 Å². The lowest BCUT2D eigenvalue weighted by Gasteiger charge is -2.08. The SMILES string of the molecule is CCNC(=O)c1cccc(NC(=O)COC(=O)c2ccccc2[N+](=O)[O-])c1. The summed E-state index contributed by atoms with van der Waals surface area (Å²) < 4.78 is 4.83. The second kappa shape index (κ2) is 9.09. The molecule has 2 N–H and O–H groups in total. The zero-order valence-electron chi connectivity index (χ0n) is 14.4. The molecule has 0 aliphatic heterocycles. The number of hydrogen-bond acceptors (Lipinski definition) is 6. The van der Waals surface area contributed by atoms with Crippen LogP contribution in [0.1, 0.15) is 27.6 Å². The topological polar surface area (TPSA) is 128 Å². The quantitative estimate of drug-likeness (QED) is 0.436. The van der Waals surface area contributed by atoms with E-state index in [0.717, 1.165) is 0 Å². The minimum atomic E-state index is -0.978. The molecule has 0 radical (unpaired) electrons. The number of nitrogens with zero attached hydrogens (tertiary/aromatic N) is 1. The molecule has 0 unspecified atom stereocenters. The van der Waals surface area contributed by atoms with Gasteiger partial charge in [-0.3, -0.25) is 19.7 Å². The number of rotatable bonds is 7. The standard InChI is InChI=1S/C18H17N3O6/c1-2-19-17(23)12-6-5-7-13(10-12)20-16(22)11-27-18(24)14-8-3-4-9-15(14)21(25)26/h3-10H,2,11H2,1H3,(H,19,23)(H,20,22). The molecule has 0 aromatic heterocycles. The van der Waals surface area contributed by atoms with Gasteiger partial charge in [-0.2, -0.15) is 0 Å². The van der Waals surface area contributed by atoms with Crippen LogP contribution in [0, 0.1) is 10.1 Å². The van der Waals surface area contributed by atoms with Gasteiger partial charge >= 0.3 is 5.97 Å². The Morgan fingerprint density at radius 2 is 1.85 bits per heavy atom.